The van der Waals surface area contributed by atoms with Gasteiger partial charge in [0.25, 0.3) is 0 Å². The standard InChI is InChI=1S/C21H30N4O.2ClH/c1-4-22-19-6-5-8-23-21(19)25-12-10-24(11-13-25)9-7-18-14-16(2)20(26)17(3)15-18;;/h5-6,8,14-15,22,26H,4,7,9-13H2,1-3H3;2*1H. The molecule has 2 aromatic rings. The van der Waals surface area contributed by atoms with Gasteiger partial charge in [-0.15, -0.1) is 24.8 Å². The summed E-state index contributed by atoms with van der Waals surface area (Å²) in [4.78, 5) is 9.48. The van der Waals surface area contributed by atoms with Crippen molar-refractivity contribution >= 4 is 36.3 Å². The molecule has 156 valence electrons. The summed E-state index contributed by atoms with van der Waals surface area (Å²) in [5.74, 6) is 1.49. The van der Waals surface area contributed by atoms with Crippen molar-refractivity contribution in [3.8, 4) is 5.75 Å². The predicted molar refractivity (Wildman–Crippen MR) is 123 cm³/mol. The number of halogens is 2. The third-order valence-electron chi connectivity index (χ3n) is 5.09. The monoisotopic (exact) mass is 426 g/mol. The van der Waals surface area contributed by atoms with Crippen molar-refractivity contribution in [2.24, 2.45) is 0 Å². The minimum atomic E-state index is 0. The van der Waals surface area contributed by atoms with Crippen LogP contribution in [-0.4, -0.2) is 54.3 Å². The molecule has 0 amide bonds. The number of anilines is 2. The van der Waals surface area contributed by atoms with Crippen molar-refractivity contribution in [2.75, 3.05) is 49.5 Å². The topological polar surface area (TPSA) is 51.6 Å². The van der Waals surface area contributed by atoms with Crippen LogP contribution >= 0.6 is 24.8 Å². The number of nitrogens with one attached hydrogen (secondary N) is 1. The first-order valence-corrected chi connectivity index (χ1v) is 9.53. The zero-order valence-electron chi connectivity index (χ0n) is 16.9. The van der Waals surface area contributed by atoms with Crippen molar-refractivity contribution in [1.82, 2.24) is 9.88 Å². The summed E-state index contributed by atoms with van der Waals surface area (Å²) < 4.78 is 0. The maximum Gasteiger partial charge on any atom is 0.152 e. The van der Waals surface area contributed by atoms with E-state index in [2.05, 4.69) is 45.2 Å². The summed E-state index contributed by atoms with van der Waals surface area (Å²) in [6, 6.07) is 8.30. The van der Waals surface area contributed by atoms with Crippen LogP contribution in [0.2, 0.25) is 0 Å². The molecule has 0 unspecified atom stereocenters. The summed E-state index contributed by atoms with van der Waals surface area (Å²) in [7, 11) is 0. The lowest BCUT2D eigenvalue weighted by Gasteiger charge is -2.36. The molecule has 7 heteroatoms. The largest absolute Gasteiger partial charge is 0.507 e. The number of pyridine rings is 1. The molecular formula is C21H32Cl2N4O. The van der Waals surface area contributed by atoms with Crippen molar-refractivity contribution in [2.45, 2.75) is 27.2 Å². The van der Waals surface area contributed by atoms with Crippen molar-refractivity contribution in [3.63, 3.8) is 0 Å². The Kier molecular flexibility index (Phi) is 9.87. The number of rotatable bonds is 6. The van der Waals surface area contributed by atoms with Crippen molar-refractivity contribution in [3.05, 3.63) is 47.2 Å². The quantitative estimate of drug-likeness (QED) is 0.729. The van der Waals surface area contributed by atoms with Gasteiger partial charge < -0.3 is 15.3 Å². The second kappa shape index (κ2) is 11.3. The van der Waals surface area contributed by atoms with E-state index in [0.29, 0.717) is 5.75 Å². The lowest BCUT2D eigenvalue weighted by Crippen LogP contribution is -2.47. The van der Waals surface area contributed by atoms with Crippen LogP contribution in [0.1, 0.15) is 23.6 Å². The highest BCUT2D eigenvalue weighted by molar-refractivity contribution is 5.85. The van der Waals surface area contributed by atoms with E-state index in [1.54, 1.807) is 0 Å². The number of nitrogens with zero attached hydrogens (tertiary/aromatic N) is 3. The summed E-state index contributed by atoms with van der Waals surface area (Å²) in [5, 5.41) is 13.3. The van der Waals surface area contributed by atoms with E-state index in [4.69, 9.17) is 0 Å². The smallest absolute Gasteiger partial charge is 0.152 e. The number of benzene rings is 1. The summed E-state index contributed by atoms with van der Waals surface area (Å²) in [6.45, 7) is 12.1. The van der Waals surface area contributed by atoms with Gasteiger partial charge in [0, 0.05) is 45.5 Å². The molecular weight excluding hydrogens is 395 g/mol. The number of hydrogen-bond acceptors (Lipinski definition) is 5. The third-order valence-corrected chi connectivity index (χ3v) is 5.09. The predicted octanol–water partition coefficient (Wildman–Crippen LogP) is 4.04. The zero-order valence-corrected chi connectivity index (χ0v) is 18.6. The van der Waals surface area contributed by atoms with E-state index < -0.39 is 0 Å². The number of aromatic hydroxyl groups is 1. The molecule has 0 bridgehead atoms. The van der Waals surface area contributed by atoms with Crippen molar-refractivity contribution in [1.29, 1.82) is 0 Å². The number of aryl methyl sites for hydroxylation is 2. The zero-order chi connectivity index (χ0) is 18.5. The van der Waals surface area contributed by atoms with E-state index >= 15 is 0 Å². The van der Waals surface area contributed by atoms with E-state index in [0.717, 1.165) is 68.3 Å². The molecule has 5 nitrogen and oxygen atoms in total. The molecule has 1 saturated heterocycles. The summed E-state index contributed by atoms with van der Waals surface area (Å²) >= 11 is 0. The number of phenolic OH excluding ortho intramolecular Hbond substituents is 1. The molecule has 0 radical (unpaired) electrons. The van der Waals surface area contributed by atoms with Crippen molar-refractivity contribution < 1.29 is 5.11 Å². The molecule has 28 heavy (non-hydrogen) atoms. The Labute approximate surface area is 181 Å². The summed E-state index contributed by atoms with van der Waals surface area (Å²) in [5.41, 5.74) is 4.37. The Hall–Kier alpha value is -1.69. The van der Waals surface area contributed by atoms with Gasteiger partial charge in [0.05, 0.1) is 5.69 Å². The molecule has 0 spiro atoms. The average Bonchev–Trinajstić information content (AvgIpc) is 2.65. The first-order chi connectivity index (χ1) is 12.6. The molecule has 0 saturated carbocycles. The van der Waals surface area contributed by atoms with E-state index in [1.807, 2.05) is 26.1 Å². The lowest BCUT2D eigenvalue weighted by atomic mass is 10.0. The van der Waals surface area contributed by atoms with Crippen LogP contribution < -0.4 is 10.2 Å². The van der Waals surface area contributed by atoms with Gasteiger partial charge in [-0.3, -0.25) is 4.90 Å². The second-order valence-corrected chi connectivity index (χ2v) is 7.06. The molecule has 1 aromatic heterocycles. The van der Waals surface area contributed by atoms with Gasteiger partial charge in [-0.1, -0.05) is 12.1 Å². The molecule has 1 aliphatic rings. The Bertz CT molecular complexity index is 726. The molecule has 1 aromatic carbocycles. The van der Waals surface area contributed by atoms with Gasteiger partial charge in [0.2, 0.25) is 0 Å². The SMILES string of the molecule is CCNc1cccnc1N1CCN(CCc2cc(C)c(O)c(C)c2)CC1.Cl.Cl. The average molecular weight is 427 g/mol. The Morgan fingerprint density at radius 3 is 2.32 bits per heavy atom. The normalized spacial score (nSPS) is 14.2. The Morgan fingerprint density at radius 2 is 1.71 bits per heavy atom. The fourth-order valence-electron chi connectivity index (χ4n) is 3.64. The molecule has 1 aliphatic heterocycles. The van der Waals surface area contributed by atoms with Gasteiger partial charge in [0.1, 0.15) is 5.75 Å². The molecule has 2 heterocycles. The Morgan fingerprint density at radius 1 is 1.07 bits per heavy atom. The van der Waals surface area contributed by atoms with Crippen LogP contribution in [0.4, 0.5) is 11.5 Å². The second-order valence-electron chi connectivity index (χ2n) is 7.06. The maximum atomic E-state index is 9.92. The lowest BCUT2D eigenvalue weighted by molar-refractivity contribution is 0.260. The first kappa shape index (κ1) is 24.3. The maximum absolute atomic E-state index is 9.92. The number of piperazine rings is 1. The minimum Gasteiger partial charge on any atom is -0.507 e. The first-order valence-electron chi connectivity index (χ1n) is 9.53. The highest BCUT2D eigenvalue weighted by atomic mass is 35.5. The molecule has 1 fully saturated rings. The van der Waals surface area contributed by atoms with Crippen LogP contribution in [0.15, 0.2) is 30.5 Å². The van der Waals surface area contributed by atoms with Crippen LogP contribution in [-0.2, 0) is 6.42 Å². The Balaban J connectivity index is 0.00000196. The summed E-state index contributed by atoms with van der Waals surface area (Å²) in [6.07, 6.45) is 2.90. The number of aromatic nitrogens is 1. The van der Waals surface area contributed by atoms with Gasteiger partial charge in [-0.2, -0.15) is 0 Å². The minimum absolute atomic E-state index is 0. The molecule has 0 aliphatic carbocycles. The highest BCUT2D eigenvalue weighted by Crippen LogP contribution is 2.25. The van der Waals surface area contributed by atoms with E-state index in [-0.39, 0.29) is 24.8 Å². The van der Waals surface area contributed by atoms with E-state index in [1.165, 1.54) is 5.56 Å². The van der Waals surface area contributed by atoms with Crippen LogP contribution in [0.25, 0.3) is 0 Å². The van der Waals surface area contributed by atoms with E-state index in [9.17, 15) is 5.11 Å². The third kappa shape index (κ3) is 5.90. The van der Waals surface area contributed by atoms with Crippen LogP contribution in [0.5, 0.6) is 5.75 Å². The van der Waals surface area contributed by atoms with Gasteiger partial charge >= 0.3 is 0 Å². The van der Waals surface area contributed by atoms with Crippen LogP contribution in [0, 0.1) is 13.8 Å². The van der Waals surface area contributed by atoms with Gasteiger partial charge in [0.15, 0.2) is 5.82 Å². The highest BCUT2D eigenvalue weighted by Gasteiger charge is 2.20. The molecule has 2 N–H and O–H groups in total. The molecule has 0 atom stereocenters. The number of phenols is 1. The van der Waals surface area contributed by atoms with Gasteiger partial charge in [-0.25, -0.2) is 4.98 Å². The van der Waals surface area contributed by atoms with Crippen LogP contribution in [0.3, 0.4) is 0 Å². The van der Waals surface area contributed by atoms with Gasteiger partial charge in [-0.05, 0) is 56.0 Å². The fraction of sp³-hybridized carbons (Fsp3) is 0.476. The number of hydrogen-bond donors (Lipinski definition) is 2. The fourth-order valence-corrected chi connectivity index (χ4v) is 3.64. The molecule has 3 rings (SSSR count).